The molecule has 1 aliphatic heterocycles. The lowest BCUT2D eigenvalue weighted by Gasteiger charge is -2.15. The molecule has 7 heteroatoms. The molecule has 1 heterocycles. The molecule has 1 amide bonds. The maximum absolute atomic E-state index is 12.3. The van der Waals surface area contributed by atoms with Crippen molar-refractivity contribution in [2.75, 3.05) is 32.8 Å². The van der Waals surface area contributed by atoms with Crippen LogP contribution in [0.25, 0.3) is 0 Å². The van der Waals surface area contributed by atoms with Gasteiger partial charge in [-0.15, -0.1) is 12.4 Å². The van der Waals surface area contributed by atoms with Gasteiger partial charge in [-0.05, 0) is 31.5 Å². The van der Waals surface area contributed by atoms with Crippen LogP contribution in [0, 0.1) is 5.92 Å². The third-order valence-corrected chi connectivity index (χ3v) is 3.80. The second-order valence-electron chi connectivity index (χ2n) is 5.64. The number of carbonyl (C=O) groups is 1. The van der Waals surface area contributed by atoms with Crippen LogP contribution in [0.4, 0.5) is 0 Å². The Morgan fingerprint density at radius 1 is 1.29 bits per heavy atom. The summed E-state index contributed by atoms with van der Waals surface area (Å²) in [6.07, 6.45) is 0.505. The van der Waals surface area contributed by atoms with E-state index in [1.165, 1.54) is 0 Å². The lowest BCUT2D eigenvalue weighted by atomic mass is 10.1. The normalized spacial score (nSPS) is 19.5. The third kappa shape index (κ3) is 5.54. The Labute approximate surface area is 149 Å². The van der Waals surface area contributed by atoms with E-state index in [4.69, 9.17) is 9.47 Å². The smallest absolute Gasteiger partial charge is 0.251 e. The summed E-state index contributed by atoms with van der Waals surface area (Å²) < 4.78 is 11.2. The first kappa shape index (κ1) is 20.5. The van der Waals surface area contributed by atoms with Crippen LogP contribution >= 0.6 is 12.4 Å². The summed E-state index contributed by atoms with van der Waals surface area (Å²) in [4.78, 5) is 12.3. The molecular formula is C17H27ClN2O4. The van der Waals surface area contributed by atoms with Gasteiger partial charge in [0, 0.05) is 31.1 Å². The minimum atomic E-state index is -0.404. The number of rotatable bonds is 8. The first-order valence-electron chi connectivity index (χ1n) is 8.22. The van der Waals surface area contributed by atoms with Crippen molar-refractivity contribution in [1.82, 2.24) is 10.6 Å². The van der Waals surface area contributed by atoms with E-state index in [1.807, 2.05) is 13.8 Å². The molecular weight excluding hydrogens is 332 g/mol. The number of β-amino-alcohol motifs (C(OH)–C–C–N with tert-alkyl or cyclic N) is 1. The molecule has 136 valence electrons. The summed E-state index contributed by atoms with van der Waals surface area (Å²) in [7, 11) is 0. The maximum atomic E-state index is 12.3. The van der Waals surface area contributed by atoms with Crippen molar-refractivity contribution in [2.24, 2.45) is 5.92 Å². The van der Waals surface area contributed by atoms with Gasteiger partial charge in [0.05, 0.1) is 19.3 Å². The van der Waals surface area contributed by atoms with Crippen molar-refractivity contribution >= 4 is 18.3 Å². The van der Waals surface area contributed by atoms with E-state index in [9.17, 15) is 9.90 Å². The quantitative estimate of drug-likeness (QED) is 0.658. The van der Waals surface area contributed by atoms with E-state index in [1.54, 1.807) is 18.2 Å². The average Bonchev–Trinajstić information content (AvgIpc) is 2.96. The Bertz CT molecular complexity index is 527. The lowest BCUT2D eigenvalue weighted by Crippen LogP contribution is -2.34. The molecule has 0 spiro atoms. The van der Waals surface area contributed by atoms with Crippen molar-refractivity contribution in [3.63, 3.8) is 0 Å². The number of ether oxygens (including phenoxy) is 2. The van der Waals surface area contributed by atoms with Crippen LogP contribution in [-0.4, -0.2) is 50.0 Å². The topological polar surface area (TPSA) is 79.8 Å². The number of nitrogens with one attached hydrogen (secondary N) is 2. The van der Waals surface area contributed by atoms with Crippen LogP contribution in [0.5, 0.6) is 11.5 Å². The van der Waals surface area contributed by atoms with E-state index in [2.05, 4.69) is 10.6 Å². The van der Waals surface area contributed by atoms with Gasteiger partial charge in [0.15, 0.2) is 11.5 Å². The predicted octanol–water partition coefficient (Wildman–Crippen LogP) is 1.61. The van der Waals surface area contributed by atoms with Crippen molar-refractivity contribution in [1.29, 1.82) is 0 Å². The Kier molecular flexibility index (Phi) is 8.89. The highest BCUT2D eigenvalue weighted by Crippen LogP contribution is 2.28. The number of hydrogen-bond donors (Lipinski definition) is 3. The molecule has 1 fully saturated rings. The fourth-order valence-corrected chi connectivity index (χ4v) is 2.50. The highest BCUT2D eigenvalue weighted by Gasteiger charge is 2.25. The van der Waals surface area contributed by atoms with Crippen LogP contribution in [0.15, 0.2) is 18.2 Å². The molecule has 6 nitrogen and oxygen atoms in total. The van der Waals surface area contributed by atoms with Crippen LogP contribution in [0.3, 0.4) is 0 Å². The summed E-state index contributed by atoms with van der Waals surface area (Å²) in [5, 5.41) is 15.7. The number of aliphatic hydroxyl groups is 1. The summed E-state index contributed by atoms with van der Waals surface area (Å²) in [6.45, 7) is 6.80. The molecule has 1 aromatic carbocycles. The van der Waals surface area contributed by atoms with Gasteiger partial charge >= 0.3 is 0 Å². The minimum Gasteiger partial charge on any atom is -0.490 e. The summed E-state index contributed by atoms with van der Waals surface area (Å²) in [5.74, 6) is 1.11. The molecule has 1 aliphatic rings. The Morgan fingerprint density at radius 3 is 2.71 bits per heavy atom. The van der Waals surface area contributed by atoms with E-state index in [-0.39, 0.29) is 24.2 Å². The SMILES string of the molecule is CCCOc1ccc(C(=O)NCC2CNCC2O)cc1OCC.Cl. The molecule has 1 saturated heterocycles. The molecule has 0 saturated carbocycles. The zero-order valence-electron chi connectivity index (χ0n) is 14.2. The predicted molar refractivity (Wildman–Crippen MR) is 95.3 cm³/mol. The van der Waals surface area contributed by atoms with Gasteiger partial charge in [-0.2, -0.15) is 0 Å². The summed E-state index contributed by atoms with van der Waals surface area (Å²) in [5.41, 5.74) is 0.526. The van der Waals surface area contributed by atoms with Crippen LogP contribution in [-0.2, 0) is 0 Å². The van der Waals surface area contributed by atoms with Gasteiger partial charge < -0.3 is 25.2 Å². The van der Waals surface area contributed by atoms with Gasteiger partial charge in [0.1, 0.15) is 0 Å². The summed E-state index contributed by atoms with van der Waals surface area (Å²) >= 11 is 0. The van der Waals surface area contributed by atoms with Crippen LogP contribution in [0.2, 0.25) is 0 Å². The van der Waals surface area contributed by atoms with Crippen molar-refractivity contribution in [3.05, 3.63) is 23.8 Å². The first-order chi connectivity index (χ1) is 11.2. The van der Waals surface area contributed by atoms with E-state index < -0.39 is 6.10 Å². The molecule has 2 rings (SSSR count). The molecule has 3 N–H and O–H groups in total. The highest BCUT2D eigenvalue weighted by molar-refractivity contribution is 5.94. The first-order valence-corrected chi connectivity index (χ1v) is 8.22. The van der Waals surface area contributed by atoms with E-state index in [0.29, 0.717) is 43.4 Å². The molecule has 0 aromatic heterocycles. The lowest BCUT2D eigenvalue weighted by molar-refractivity contribution is 0.0926. The zero-order valence-corrected chi connectivity index (χ0v) is 15.0. The number of halogens is 1. The molecule has 0 aliphatic carbocycles. The fourth-order valence-electron chi connectivity index (χ4n) is 2.50. The van der Waals surface area contributed by atoms with Crippen molar-refractivity contribution in [3.8, 4) is 11.5 Å². The molecule has 0 radical (unpaired) electrons. The van der Waals surface area contributed by atoms with E-state index >= 15 is 0 Å². The molecule has 2 unspecified atom stereocenters. The highest BCUT2D eigenvalue weighted by atomic mass is 35.5. The molecule has 24 heavy (non-hydrogen) atoms. The van der Waals surface area contributed by atoms with Gasteiger partial charge in [-0.25, -0.2) is 0 Å². The monoisotopic (exact) mass is 358 g/mol. The third-order valence-electron chi connectivity index (χ3n) is 3.80. The fraction of sp³-hybridized carbons (Fsp3) is 0.588. The minimum absolute atomic E-state index is 0. The number of hydrogen-bond acceptors (Lipinski definition) is 5. The average molecular weight is 359 g/mol. The second-order valence-corrected chi connectivity index (χ2v) is 5.64. The Morgan fingerprint density at radius 2 is 2.08 bits per heavy atom. The van der Waals surface area contributed by atoms with Crippen molar-refractivity contribution in [2.45, 2.75) is 26.4 Å². The number of benzene rings is 1. The Balaban J connectivity index is 0.00000288. The standard InChI is InChI=1S/C17H26N2O4.ClH/c1-3-7-23-15-6-5-12(8-16(15)22-4-2)17(21)19-10-13-9-18-11-14(13)20;/h5-6,8,13-14,18,20H,3-4,7,9-11H2,1-2H3,(H,19,21);1H. The molecule has 1 aromatic rings. The largest absolute Gasteiger partial charge is 0.490 e. The maximum Gasteiger partial charge on any atom is 0.251 e. The van der Waals surface area contributed by atoms with Crippen molar-refractivity contribution < 1.29 is 19.4 Å². The van der Waals surface area contributed by atoms with E-state index in [0.717, 1.165) is 13.0 Å². The number of amides is 1. The van der Waals surface area contributed by atoms with Gasteiger partial charge in [-0.3, -0.25) is 4.79 Å². The van der Waals surface area contributed by atoms with Crippen LogP contribution in [0.1, 0.15) is 30.6 Å². The van der Waals surface area contributed by atoms with Gasteiger partial charge in [0.25, 0.3) is 5.91 Å². The number of aliphatic hydroxyl groups excluding tert-OH is 1. The summed E-state index contributed by atoms with van der Waals surface area (Å²) in [6, 6.07) is 5.20. The molecule has 2 atom stereocenters. The second kappa shape index (κ2) is 10.4. The Hall–Kier alpha value is -1.50. The molecule has 0 bridgehead atoms. The van der Waals surface area contributed by atoms with Gasteiger partial charge in [-0.1, -0.05) is 6.92 Å². The van der Waals surface area contributed by atoms with Gasteiger partial charge in [0.2, 0.25) is 0 Å². The van der Waals surface area contributed by atoms with Crippen LogP contribution < -0.4 is 20.1 Å². The zero-order chi connectivity index (χ0) is 16.7. The number of carbonyl (C=O) groups excluding carboxylic acids is 1.